The van der Waals surface area contributed by atoms with E-state index in [2.05, 4.69) is 4.98 Å². The highest BCUT2D eigenvalue weighted by molar-refractivity contribution is 5.23. The Morgan fingerprint density at radius 2 is 1.81 bits per heavy atom. The Hall–Kier alpha value is -1.10. The second kappa shape index (κ2) is 6.77. The van der Waals surface area contributed by atoms with Crippen molar-refractivity contribution in [3.63, 3.8) is 0 Å². The Bertz CT molecular complexity index is 436. The zero-order valence-electron chi connectivity index (χ0n) is 12.1. The van der Waals surface area contributed by atoms with Crippen molar-refractivity contribution in [3.8, 4) is 0 Å². The van der Waals surface area contributed by atoms with Gasteiger partial charge in [0.2, 0.25) is 0 Å². The Balaban J connectivity index is 2.20. The molecule has 0 spiro atoms. The lowest BCUT2D eigenvalue weighted by Gasteiger charge is -2.37. The third-order valence-corrected chi connectivity index (χ3v) is 4.51. The highest BCUT2D eigenvalue weighted by Crippen LogP contribution is 2.43. The quantitative estimate of drug-likeness (QED) is 0.814. The zero-order chi connectivity index (χ0) is 15.3. The van der Waals surface area contributed by atoms with Crippen molar-refractivity contribution >= 4 is 0 Å². The van der Waals surface area contributed by atoms with Crippen LogP contribution in [0.15, 0.2) is 18.3 Å². The molecule has 0 unspecified atom stereocenters. The van der Waals surface area contributed by atoms with Crippen molar-refractivity contribution in [2.24, 2.45) is 0 Å². The monoisotopic (exact) mass is 301 g/mol. The number of aromatic nitrogens is 1. The summed E-state index contributed by atoms with van der Waals surface area (Å²) in [5.74, 6) is 0. The highest BCUT2D eigenvalue weighted by Gasteiger charge is 2.36. The summed E-state index contributed by atoms with van der Waals surface area (Å²) in [6, 6.07) is 2.69. The molecule has 1 aromatic heterocycles. The maximum Gasteiger partial charge on any atom is 0.417 e. The molecule has 1 aliphatic rings. The first-order valence-electron chi connectivity index (χ1n) is 7.62. The predicted molar refractivity (Wildman–Crippen MR) is 74.9 cm³/mol. The number of aliphatic hydroxyl groups is 1. The van der Waals surface area contributed by atoms with E-state index < -0.39 is 11.7 Å². The molecule has 1 heterocycles. The summed E-state index contributed by atoms with van der Waals surface area (Å²) in [7, 11) is 0. The third kappa shape index (κ3) is 3.96. The summed E-state index contributed by atoms with van der Waals surface area (Å²) >= 11 is 0. The van der Waals surface area contributed by atoms with Gasteiger partial charge in [-0.1, -0.05) is 25.7 Å². The van der Waals surface area contributed by atoms with Crippen LogP contribution in [-0.2, 0) is 11.6 Å². The number of hydrogen-bond donors (Lipinski definition) is 1. The summed E-state index contributed by atoms with van der Waals surface area (Å²) in [5, 5.41) is 8.94. The van der Waals surface area contributed by atoms with Gasteiger partial charge in [-0.25, -0.2) is 0 Å². The van der Waals surface area contributed by atoms with E-state index in [-0.39, 0.29) is 12.0 Å². The van der Waals surface area contributed by atoms with Crippen molar-refractivity contribution < 1.29 is 18.3 Å². The second-order valence-corrected chi connectivity index (χ2v) is 5.95. The van der Waals surface area contributed by atoms with E-state index >= 15 is 0 Å². The molecular formula is C16H22F3NO. The van der Waals surface area contributed by atoms with Crippen molar-refractivity contribution in [1.29, 1.82) is 0 Å². The van der Waals surface area contributed by atoms with Gasteiger partial charge in [0.05, 0.1) is 5.56 Å². The second-order valence-electron chi connectivity index (χ2n) is 5.95. The van der Waals surface area contributed by atoms with Gasteiger partial charge in [-0.2, -0.15) is 13.2 Å². The van der Waals surface area contributed by atoms with Gasteiger partial charge in [0.1, 0.15) is 0 Å². The van der Waals surface area contributed by atoms with E-state index in [1.54, 1.807) is 6.07 Å². The molecular weight excluding hydrogens is 279 g/mol. The molecule has 1 aliphatic carbocycles. The van der Waals surface area contributed by atoms with Gasteiger partial charge in [0.15, 0.2) is 0 Å². The number of rotatable bonds is 5. The fourth-order valence-electron chi connectivity index (χ4n) is 3.31. The van der Waals surface area contributed by atoms with E-state index in [9.17, 15) is 13.2 Å². The molecule has 0 atom stereocenters. The smallest absolute Gasteiger partial charge is 0.396 e. The average Bonchev–Trinajstić information content (AvgIpc) is 2.48. The standard InChI is InChI=1S/C16H22F3NO/c17-16(18,19)13-6-7-14(20-12-13)15(10-4-5-11-21)8-2-1-3-9-15/h6-7,12,21H,1-5,8-11H2. The number of aliphatic hydroxyl groups excluding tert-OH is 1. The van der Waals surface area contributed by atoms with Crippen LogP contribution in [0.3, 0.4) is 0 Å². The number of unbranched alkanes of at least 4 members (excludes halogenated alkanes) is 1. The van der Waals surface area contributed by atoms with Gasteiger partial charge < -0.3 is 5.11 Å². The van der Waals surface area contributed by atoms with Crippen LogP contribution in [0, 0.1) is 0 Å². The first-order valence-corrected chi connectivity index (χ1v) is 7.62. The lowest BCUT2D eigenvalue weighted by atomic mass is 9.68. The van der Waals surface area contributed by atoms with Gasteiger partial charge in [-0.05, 0) is 37.8 Å². The summed E-state index contributed by atoms with van der Waals surface area (Å²) in [6.45, 7) is 0.163. The minimum atomic E-state index is -4.33. The fourth-order valence-corrected chi connectivity index (χ4v) is 3.31. The first-order chi connectivity index (χ1) is 9.98. The molecule has 1 saturated carbocycles. The topological polar surface area (TPSA) is 33.1 Å². The van der Waals surface area contributed by atoms with Crippen LogP contribution in [0.2, 0.25) is 0 Å². The van der Waals surface area contributed by atoms with E-state index in [0.29, 0.717) is 0 Å². The summed E-state index contributed by atoms with van der Waals surface area (Å²) in [5.41, 5.74) is -0.00178. The van der Waals surface area contributed by atoms with Gasteiger partial charge >= 0.3 is 6.18 Å². The summed E-state index contributed by atoms with van der Waals surface area (Å²) in [6.07, 6.45) is 4.49. The van der Waals surface area contributed by atoms with Crippen LogP contribution < -0.4 is 0 Å². The number of pyridine rings is 1. The Morgan fingerprint density at radius 3 is 2.33 bits per heavy atom. The molecule has 2 rings (SSSR count). The minimum absolute atomic E-state index is 0.0997. The van der Waals surface area contributed by atoms with Crippen molar-refractivity contribution in [2.45, 2.75) is 63.0 Å². The maximum atomic E-state index is 12.6. The Labute approximate surface area is 123 Å². The summed E-state index contributed by atoms with van der Waals surface area (Å²) in [4.78, 5) is 4.14. The van der Waals surface area contributed by atoms with Crippen molar-refractivity contribution in [1.82, 2.24) is 4.98 Å². The molecule has 118 valence electrons. The SMILES string of the molecule is OCCCCC1(c2ccc(C(F)(F)F)cn2)CCCCC1. The van der Waals surface area contributed by atoms with Crippen LogP contribution >= 0.6 is 0 Å². The van der Waals surface area contributed by atoms with E-state index in [1.165, 1.54) is 6.42 Å². The van der Waals surface area contributed by atoms with Crippen molar-refractivity contribution in [2.75, 3.05) is 6.61 Å². The highest BCUT2D eigenvalue weighted by atomic mass is 19.4. The number of halogens is 3. The largest absolute Gasteiger partial charge is 0.417 e. The van der Waals surface area contributed by atoms with Crippen LogP contribution in [0.25, 0.3) is 0 Å². The molecule has 1 fully saturated rings. The predicted octanol–water partition coefficient (Wildman–Crippen LogP) is 4.46. The molecule has 0 amide bonds. The van der Waals surface area contributed by atoms with E-state index in [1.807, 2.05) is 0 Å². The average molecular weight is 301 g/mol. The van der Waals surface area contributed by atoms with Gasteiger partial charge in [0, 0.05) is 23.9 Å². The first kappa shape index (κ1) is 16.3. The van der Waals surface area contributed by atoms with Crippen LogP contribution in [0.4, 0.5) is 13.2 Å². The van der Waals surface area contributed by atoms with Crippen LogP contribution in [0.5, 0.6) is 0 Å². The third-order valence-electron chi connectivity index (χ3n) is 4.51. The zero-order valence-corrected chi connectivity index (χ0v) is 12.1. The Morgan fingerprint density at radius 1 is 1.10 bits per heavy atom. The lowest BCUT2D eigenvalue weighted by Crippen LogP contribution is -2.30. The molecule has 1 aromatic rings. The summed E-state index contributed by atoms with van der Waals surface area (Å²) < 4.78 is 37.9. The number of alkyl halides is 3. The lowest BCUT2D eigenvalue weighted by molar-refractivity contribution is -0.137. The molecule has 2 nitrogen and oxygen atoms in total. The normalized spacial score (nSPS) is 18.7. The van der Waals surface area contributed by atoms with Gasteiger partial charge in [0.25, 0.3) is 0 Å². The van der Waals surface area contributed by atoms with Crippen LogP contribution in [0.1, 0.15) is 62.6 Å². The molecule has 0 aromatic carbocycles. The fraction of sp³-hybridized carbons (Fsp3) is 0.688. The van der Waals surface area contributed by atoms with Gasteiger partial charge in [-0.15, -0.1) is 0 Å². The maximum absolute atomic E-state index is 12.6. The van der Waals surface area contributed by atoms with Crippen LogP contribution in [-0.4, -0.2) is 16.7 Å². The Kier molecular flexibility index (Phi) is 5.25. The van der Waals surface area contributed by atoms with E-state index in [0.717, 1.165) is 62.9 Å². The number of hydrogen-bond acceptors (Lipinski definition) is 2. The molecule has 5 heteroatoms. The van der Waals surface area contributed by atoms with E-state index in [4.69, 9.17) is 5.11 Å². The molecule has 0 aliphatic heterocycles. The molecule has 0 bridgehead atoms. The molecule has 0 saturated heterocycles. The number of nitrogens with zero attached hydrogens (tertiary/aromatic N) is 1. The molecule has 1 N–H and O–H groups in total. The minimum Gasteiger partial charge on any atom is -0.396 e. The molecule has 0 radical (unpaired) electrons. The van der Waals surface area contributed by atoms with Gasteiger partial charge in [-0.3, -0.25) is 4.98 Å². The molecule has 21 heavy (non-hydrogen) atoms. The van der Waals surface area contributed by atoms with Crippen molar-refractivity contribution in [3.05, 3.63) is 29.6 Å².